The average Bonchev–Trinajstić information content (AvgIpc) is 2.51. The van der Waals surface area contributed by atoms with Gasteiger partial charge in [0.2, 0.25) is 0 Å². The van der Waals surface area contributed by atoms with Crippen molar-refractivity contribution in [3.63, 3.8) is 0 Å². The second kappa shape index (κ2) is 8.00. The summed E-state index contributed by atoms with van der Waals surface area (Å²) >= 11 is 0. The molecule has 118 valence electrons. The summed E-state index contributed by atoms with van der Waals surface area (Å²) in [7, 11) is 1.59. The highest BCUT2D eigenvalue weighted by atomic mass is 16.5. The first-order valence-corrected chi connectivity index (χ1v) is 7.33. The molecule has 0 aliphatic carbocycles. The Bertz CT molecular complexity index is 443. The number of nitrogens with one attached hydrogen (secondary N) is 1. The molecule has 0 amide bonds. The Morgan fingerprint density at radius 3 is 2.29 bits per heavy atom. The maximum atomic E-state index is 11.7. The molecule has 0 radical (unpaired) electrons. The van der Waals surface area contributed by atoms with Gasteiger partial charge in [-0.3, -0.25) is 5.32 Å². The summed E-state index contributed by atoms with van der Waals surface area (Å²) in [6.45, 7) is 9.27. The van der Waals surface area contributed by atoms with Crippen molar-refractivity contribution in [1.29, 1.82) is 0 Å². The maximum absolute atomic E-state index is 11.7. The van der Waals surface area contributed by atoms with Crippen LogP contribution < -0.4 is 10.1 Å². The van der Waals surface area contributed by atoms with Crippen LogP contribution in [0.15, 0.2) is 24.3 Å². The summed E-state index contributed by atoms with van der Waals surface area (Å²) in [5.74, 6) is -0.165. The van der Waals surface area contributed by atoms with Gasteiger partial charge in [-0.1, -0.05) is 26.0 Å². The number of methoxy groups -OCH3 is 1. The second-order valence-electron chi connectivity index (χ2n) is 5.11. The maximum Gasteiger partial charge on any atom is 0.328 e. The Hall–Kier alpha value is -1.59. The molecule has 0 saturated heterocycles. The number of carboxylic acid groups (broad SMARTS) is 1. The Morgan fingerprint density at radius 1 is 1.29 bits per heavy atom. The van der Waals surface area contributed by atoms with Crippen LogP contribution in [0.1, 0.15) is 26.3 Å². The van der Waals surface area contributed by atoms with E-state index in [9.17, 15) is 9.90 Å². The van der Waals surface area contributed by atoms with Crippen LogP contribution in [-0.4, -0.2) is 49.3 Å². The summed E-state index contributed by atoms with van der Waals surface area (Å²) in [6, 6.07) is 7.14. The molecule has 5 heteroatoms. The predicted octanol–water partition coefficient (Wildman–Crippen LogP) is 1.93. The van der Waals surface area contributed by atoms with E-state index in [2.05, 4.69) is 24.1 Å². The molecule has 1 rings (SSSR count). The Kier molecular flexibility index (Phi) is 6.65. The number of rotatable bonds is 9. The quantitative estimate of drug-likeness (QED) is 0.728. The fourth-order valence-corrected chi connectivity index (χ4v) is 2.23. The molecule has 0 aromatic heterocycles. The molecule has 1 aromatic carbocycles. The molecule has 0 aliphatic heterocycles. The molecule has 1 unspecified atom stereocenters. The molecule has 2 N–H and O–H groups in total. The van der Waals surface area contributed by atoms with Gasteiger partial charge < -0.3 is 14.7 Å². The molecule has 0 bridgehead atoms. The van der Waals surface area contributed by atoms with E-state index in [1.807, 2.05) is 0 Å². The van der Waals surface area contributed by atoms with E-state index in [-0.39, 0.29) is 0 Å². The first-order valence-electron chi connectivity index (χ1n) is 7.33. The van der Waals surface area contributed by atoms with E-state index in [0.29, 0.717) is 6.54 Å². The number of nitrogens with zero attached hydrogens (tertiary/aromatic N) is 1. The van der Waals surface area contributed by atoms with Gasteiger partial charge in [-0.15, -0.1) is 0 Å². The van der Waals surface area contributed by atoms with Crippen molar-refractivity contribution in [3.8, 4) is 5.75 Å². The van der Waals surface area contributed by atoms with Crippen LogP contribution in [0.2, 0.25) is 0 Å². The van der Waals surface area contributed by atoms with Gasteiger partial charge in [0.15, 0.2) is 0 Å². The van der Waals surface area contributed by atoms with Crippen molar-refractivity contribution >= 4 is 5.97 Å². The van der Waals surface area contributed by atoms with Gasteiger partial charge >= 0.3 is 5.97 Å². The molecular formula is C16H26N2O3. The van der Waals surface area contributed by atoms with Gasteiger partial charge in [0.25, 0.3) is 0 Å². The highest BCUT2D eigenvalue weighted by Crippen LogP contribution is 2.23. The summed E-state index contributed by atoms with van der Waals surface area (Å²) in [5, 5.41) is 12.8. The molecular weight excluding hydrogens is 268 g/mol. The smallest absolute Gasteiger partial charge is 0.328 e. The molecule has 0 fully saturated rings. The van der Waals surface area contributed by atoms with Gasteiger partial charge in [0, 0.05) is 13.1 Å². The van der Waals surface area contributed by atoms with E-state index in [1.165, 1.54) is 0 Å². The van der Waals surface area contributed by atoms with Gasteiger partial charge in [-0.05, 0) is 37.7 Å². The van der Waals surface area contributed by atoms with Crippen LogP contribution in [0.25, 0.3) is 0 Å². The van der Waals surface area contributed by atoms with Gasteiger partial charge in [0.05, 0.1) is 7.11 Å². The van der Waals surface area contributed by atoms with Crippen LogP contribution in [0.4, 0.5) is 0 Å². The number of carbonyl (C=O) groups is 1. The minimum Gasteiger partial charge on any atom is -0.497 e. The summed E-state index contributed by atoms with van der Waals surface area (Å²) in [5.41, 5.74) is -0.380. The van der Waals surface area contributed by atoms with E-state index in [4.69, 9.17) is 4.74 Å². The van der Waals surface area contributed by atoms with Crippen LogP contribution in [-0.2, 0) is 10.3 Å². The van der Waals surface area contributed by atoms with E-state index >= 15 is 0 Å². The topological polar surface area (TPSA) is 61.8 Å². The van der Waals surface area contributed by atoms with Crippen molar-refractivity contribution < 1.29 is 14.6 Å². The van der Waals surface area contributed by atoms with Crippen LogP contribution >= 0.6 is 0 Å². The highest BCUT2D eigenvalue weighted by molar-refractivity contribution is 5.80. The number of hydrogen-bond acceptors (Lipinski definition) is 4. The Labute approximate surface area is 126 Å². The second-order valence-corrected chi connectivity index (χ2v) is 5.11. The Balaban J connectivity index is 2.79. The van der Waals surface area contributed by atoms with Crippen LogP contribution in [0.3, 0.4) is 0 Å². The fraction of sp³-hybridized carbons (Fsp3) is 0.562. The molecule has 0 aliphatic rings. The zero-order valence-electron chi connectivity index (χ0n) is 13.3. The van der Waals surface area contributed by atoms with Crippen molar-refractivity contribution in [1.82, 2.24) is 10.2 Å². The van der Waals surface area contributed by atoms with E-state index < -0.39 is 11.5 Å². The molecule has 0 spiro atoms. The summed E-state index contributed by atoms with van der Waals surface area (Å²) in [6.07, 6.45) is 0. The predicted molar refractivity (Wildman–Crippen MR) is 83.8 cm³/mol. The minimum absolute atomic E-state index is 0.622. The largest absolute Gasteiger partial charge is 0.497 e. The first kappa shape index (κ1) is 17.5. The lowest BCUT2D eigenvalue weighted by Gasteiger charge is -2.28. The van der Waals surface area contributed by atoms with Crippen molar-refractivity contribution in [2.45, 2.75) is 26.3 Å². The van der Waals surface area contributed by atoms with Gasteiger partial charge in [-0.2, -0.15) is 0 Å². The monoisotopic (exact) mass is 294 g/mol. The third kappa shape index (κ3) is 4.44. The van der Waals surface area contributed by atoms with Crippen molar-refractivity contribution in [2.24, 2.45) is 0 Å². The molecule has 1 aromatic rings. The number of carboxylic acids is 1. The zero-order valence-corrected chi connectivity index (χ0v) is 13.3. The van der Waals surface area contributed by atoms with Gasteiger partial charge in [-0.25, -0.2) is 4.79 Å². The number of likely N-dealkylation sites (N-methyl/N-ethyl adjacent to an activating group) is 1. The normalized spacial score (nSPS) is 14.0. The number of benzene rings is 1. The Morgan fingerprint density at radius 2 is 1.86 bits per heavy atom. The van der Waals surface area contributed by atoms with Crippen molar-refractivity contribution in [2.75, 3.05) is 33.3 Å². The fourth-order valence-electron chi connectivity index (χ4n) is 2.23. The summed E-state index contributed by atoms with van der Waals surface area (Å²) < 4.78 is 5.11. The van der Waals surface area contributed by atoms with Crippen LogP contribution in [0, 0.1) is 0 Å². The standard InChI is InChI=1S/C16H26N2O3/c1-5-18(6-2)12-11-17-16(3,15(19)20)13-7-9-14(21-4)10-8-13/h7-10,17H,5-6,11-12H2,1-4H3,(H,19,20). The van der Waals surface area contributed by atoms with Crippen molar-refractivity contribution in [3.05, 3.63) is 29.8 Å². The zero-order chi connectivity index (χ0) is 15.9. The lowest BCUT2D eigenvalue weighted by Crippen LogP contribution is -2.49. The van der Waals surface area contributed by atoms with E-state index in [0.717, 1.165) is 30.9 Å². The third-order valence-corrected chi connectivity index (χ3v) is 3.90. The SMILES string of the molecule is CCN(CC)CCNC(C)(C(=O)O)c1ccc(OC)cc1. The number of hydrogen-bond donors (Lipinski definition) is 2. The molecule has 0 saturated carbocycles. The molecule has 21 heavy (non-hydrogen) atoms. The lowest BCUT2D eigenvalue weighted by atomic mass is 9.92. The van der Waals surface area contributed by atoms with Crippen LogP contribution in [0.5, 0.6) is 5.75 Å². The molecule has 0 heterocycles. The third-order valence-electron chi connectivity index (χ3n) is 3.90. The molecule has 5 nitrogen and oxygen atoms in total. The van der Waals surface area contributed by atoms with Gasteiger partial charge in [0.1, 0.15) is 11.3 Å². The lowest BCUT2D eigenvalue weighted by molar-refractivity contribution is -0.144. The van der Waals surface area contributed by atoms with E-state index in [1.54, 1.807) is 38.3 Å². The summed E-state index contributed by atoms with van der Waals surface area (Å²) in [4.78, 5) is 13.9. The number of aliphatic carboxylic acids is 1. The average molecular weight is 294 g/mol. The first-order chi connectivity index (χ1) is 9.97. The highest BCUT2D eigenvalue weighted by Gasteiger charge is 2.34. The molecule has 1 atom stereocenters. The number of ether oxygens (including phenoxy) is 1. The minimum atomic E-state index is -1.10.